The zero-order chi connectivity index (χ0) is 32.1. The van der Waals surface area contributed by atoms with Crippen molar-refractivity contribution < 1.29 is 27.9 Å². The Labute approximate surface area is 256 Å². The molecule has 236 valence electrons. The monoisotopic (exact) mass is 623 g/mol. The maximum absolute atomic E-state index is 11.7. The van der Waals surface area contributed by atoms with Gasteiger partial charge in [0.2, 0.25) is 5.91 Å². The highest BCUT2D eigenvalue weighted by molar-refractivity contribution is 5.87. The van der Waals surface area contributed by atoms with Crippen molar-refractivity contribution in [2.45, 2.75) is 25.4 Å². The molecule has 0 saturated carbocycles. The molecule has 6 rings (SSSR count). The van der Waals surface area contributed by atoms with E-state index in [-0.39, 0.29) is 24.3 Å². The number of carbonyl (C=O) groups excluding carboxylic acids is 1. The summed E-state index contributed by atoms with van der Waals surface area (Å²) in [5.41, 5.74) is 4.78. The van der Waals surface area contributed by atoms with Crippen molar-refractivity contribution in [3.05, 3.63) is 54.7 Å². The number of carboxylic acid groups (broad SMARTS) is 1. The number of carbonyl (C=O) groups is 2. The van der Waals surface area contributed by atoms with E-state index in [0.29, 0.717) is 38.0 Å². The Morgan fingerprint density at radius 3 is 2.53 bits per heavy atom. The van der Waals surface area contributed by atoms with E-state index in [1.165, 1.54) is 0 Å². The number of alkyl halides is 3. The molecule has 0 spiro atoms. The third kappa shape index (κ3) is 7.58. The van der Waals surface area contributed by atoms with Crippen LogP contribution in [0, 0.1) is 23.2 Å². The van der Waals surface area contributed by atoms with Gasteiger partial charge in [-0.3, -0.25) is 14.3 Å². The second kappa shape index (κ2) is 13.3. The van der Waals surface area contributed by atoms with Crippen LogP contribution in [0.2, 0.25) is 0 Å². The molecule has 3 N–H and O–H groups in total. The molecule has 15 heteroatoms. The molecular formula is C30H32F3N9O3. The van der Waals surface area contributed by atoms with Crippen LogP contribution < -0.4 is 15.5 Å². The molecule has 12 nitrogen and oxygen atoms in total. The quantitative estimate of drug-likeness (QED) is 0.282. The van der Waals surface area contributed by atoms with Crippen molar-refractivity contribution in [3.63, 3.8) is 0 Å². The number of aryl methyl sites for hydroxylation is 1. The molecule has 1 amide bonds. The Kier molecular flexibility index (Phi) is 9.33. The van der Waals surface area contributed by atoms with Gasteiger partial charge in [-0.05, 0) is 37.6 Å². The van der Waals surface area contributed by atoms with E-state index in [0.717, 1.165) is 40.1 Å². The Balaban J connectivity index is 0.000000241. The number of amides is 1. The third-order valence-electron chi connectivity index (χ3n) is 7.83. The molecule has 2 saturated heterocycles. The molecule has 6 heterocycles. The van der Waals surface area contributed by atoms with Crippen LogP contribution in [0.5, 0.6) is 0 Å². The fourth-order valence-corrected chi connectivity index (χ4v) is 5.40. The molecule has 0 aromatic carbocycles. The van der Waals surface area contributed by atoms with Crippen molar-refractivity contribution in [2.24, 2.45) is 18.9 Å². The molecular weight excluding hydrogens is 591 g/mol. The molecule has 2 atom stereocenters. The van der Waals surface area contributed by atoms with Crippen LogP contribution in [-0.4, -0.2) is 80.3 Å². The van der Waals surface area contributed by atoms with Crippen LogP contribution in [0.3, 0.4) is 0 Å². The summed E-state index contributed by atoms with van der Waals surface area (Å²) in [6, 6.07) is 8.08. The number of aromatic nitrogens is 5. The molecule has 0 aliphatic carbocycles. The second-order valence-corrected chi connectivity index (χ2v) is 11.0. The number of anilines is 1. The first kappa shape index (κ1) is 31.5. The number of pyridine rings is 2. The SMILES string of the molecule is Cn1cc(-c2cc(-c3ccc(N4CC[C@H](C(=O)O)C4)nc3)c3c(C#N)cnn3c2)cn1.O=C(NCCC(F)(F)F)C1CCNC1. The number of rotatable bonds is 7. The van der Waals surface area contributed by atoms with Gasteiger partial charge < -0.3 is 20.6 Å². The van der Waals surface area contributed by atoms with E-state index in [9.17, 15) is 33.1 Å². The van der Waals surface area contributed by atoms with Gasteiger partial charge >= 0.3 is 12.1 Å². The molecule has 2 aliphatic heterocycles. The summed E-state index contributed by atoms with van der Waals surface area (Å²) < 4.78 is 38.6. The zero-order valence-electron chi connectivity index (χ0n) is 24.5. The Bertz CT molecular complexity index is 1700. The van der Waals surface area contributed by atoms with Crippen LogP contribution in [0.25, 0.3) is 27.8 Å². The first-order chi connectivity index (χ1) is 21.5. The summed E-state index contributed by atoms with van der Waals surface area (Å²) in [5, 5.41) is 32.7. The minimum Gasteiger partial charge on any atom is -0.481 e. The normalized spacial score (nSPS) is 18.0. The van der Waals surface area contributed by atoms with Crippen molar-refractivity contribution in [1.29, 1.82) is 5.26 Å². The molecule has 4 aromatic heterocycles. The number of halogens is 3. The predicted octanol–water partition coefficient (Wildman–Crippen LogP) is 3.24. The highest BCUT2D eigenvalue weighted by Crippen LogP contribution is 2.33. The molecule has 2 aliphatic rings. The maximum atomic E-state index is 11.7. The maximum Gasteiger partial charge on any atom is 0.390 e. The van der Waals surface area contributed by atoms with Gasteiger partial charge in [0, 0.05) is 74.1 Å². The fourth-order valence-electron chi connectivity index (χ4n) is 5.40. The van der Waals surface area contributed by atoms with Crippen LogP contribution in [0.4, 0.5) is 19.0 Å². The second-order valence-electron chi connectivity index (χ2n) is 11.0. The van der Waals surface area contributed by atoms with Gasteiger partial charge in [-0.2, -0.15) is 28.6 Å². The number of nitrogens with zero attached hydrogens (tertiary/aromatic N) is 7. The van der Waals surface area contributed by atoms with Gasteiger partial charge in [-0.25, -0.2) is 9.50 Å². The van der Waals surface area contributed by atoms with Crippen molar-refractivity contribution in [1.82, 2.24) is 35.0 Å². The van der Waals surface area contributed by atoms with Crippen molar-refractivity contribution >= 4 is 23.2 Å². The summed E-state index contributed by atoms with van der Waals surface area (Å²) in [6.45, 7) is 2.14. The van der Waals surface area contributed by atoms with Crippen LogP contribution in [0.15, 0.2) is 49.2 Å². The average Bonchev–Trinajstić information content (AvgIpc) is 3.83. The topological polar surface area (TPSA) is 153 Å². The smallest absolute Gasteiger partial charge is 0.390 e. The van der Waals surface area contributed by atoms with Crippen molar-refractivity contribution in [3.8, 4) is 28.3 Å². The number of nitrogens with one attached hydrogen (secondary N) is 2. The lowest BCUT2D eigenvalue weighted by Gasteiger charge is -2.17. The third-order valence-corrected chi connectivity index (χ3v) is 7.83. The van der Waals surface area contributed by atoms with E-state index >= 15 is 0 Å². The highest BCUT2D eigenvalue weighted by Gasteiger charge is 2.29. The van der Waals surface area contributed by atoms with E-state index in [1.807, 2.05) is 42.5 Å². The van der Waals surface area contributed by atoms with Gasteiger partial charge in [-0.15, -0.1) is 0 Å². The summed E-state index contributed by atoms with van der Waals surface area (Å²) >= 11 is 0. The van der Waals surface area contributed by atoms with E-state index in [1.54, 1.807) is 27.8 Å². The van der Waals surface area contributed by atoms with Crippen molar-refractivity contribution in [2.75, 3.05) is 37.6 Å². The predicted molar refractivity (Wildman–Crippen MR) is 158 cm³/mol. The van der Waals surface area contributed by atoms with E-state index < -0.39 is 18.6 Å². The molecule has 0 radical (unpaired) electrons. The first-order valence-electron chi connectivity index (χ1n) is 14.4. The lowest BCUT2D eigenvalue weighted by Crippen LogP contribution is -2.34. The summed E-state index contributed by atoms with van der Waals surface area (Å²) in [7, 11) is 1.86. The highest BCUT2D eigenvalue weighted by atomic mass is 19.4. The average molecular weight is 624 g/mol. The Morgan fingerprint density at radius 2 is 1.93 bits per heavy atom. The van der Waals surface area contributed by atoms with E-state index in [2.05, 4.69) is 31.9 Å². The molecule has 2 fully saturated rings. The standard InChI is InChI=1S/C22H19N7O2.C8H13F3N2O/c1-27-11-18(10-25-27)16-6-19(21-17(7-23)9-26-29(21)13-16)14-2-3-20(24-8-14)28-5-4-15(12-28)22(30)31;9-8(10,11)2-4-13-7(14)6-1-3-12-5-6/h2-3,6,8-11,13,15H,4-5,12H2,1H3,(H,30,31);6,12H,1-5H2,(H,13,14)/t15-;/m0./s1. The Hall–Kier alpha value is -4.97. The van der Waals surface area contributed by atoms with Gasteiger partial charge in [0.05, 0.1) is 41.7 Å². The molecule has 4 aromatic rings. The number of aliphatic carboxylic acids is 1. The summed E-state index contributed by atoms with van der Waals surface area (Å²) in [5.74, 6) is -0.816. The van der Waals surface area contributed by atoms with Gasteiger partial charge in [0.15, 0.2) is 0 Å². The number of fused-ring (bicyclic) bond motifs is 1. The number of nitriles is 1. The van der Waals surface area contributed by atoms with Crippen LogP contribution in [0.1, 0.15) is 24.8 Å². The van der Waals surface area contributed by atoms with Gasteiger partial charge in [0.25, 0.3) is 0 Å². The lowest BCUT2D eigenvalue weighted by atomic mass is 10.0. The first-order valence-corrected chi connectivity index (χ1v) is 14.4. The summed E-state index contributed by atoms with van der Waals surface area (Å²) in [4.78, 5) is 29.0. The largest absolute Gasteiger partial charge is 0.481 e. The Morgan fingerprint density at radius 1 is 1.11 bits per heavy atom. The number of carboxylic acids is 1. The zero-order valence-corrected chi connectivity index (χ0v) is 24.5. The molecule has 45 heavy (non-hydrogen) atoms. The lowest BCUT2D eigenvalue weighted by molar-refractivity contribution is -0.141. The van der Waals surface area contributed by atoms with Crippen LogP contribution in [-0.2, 0) is 16.6 Å². The van der Waals surface area contributed by atoms with Crippen LogP contribution >= 0.6 is 0 Å². The molecule has 0 bridgehead atoms. The number of hydrogen-bond donors (Lipinski definition) is 3. The molecule has 1 unspecified atom stereocenters. The minimum atomic E-state index is -4.19. The van der Waals surface area contributed by atoms with Gasteiger partial charge in [0.1, 0.15) is 11.9 Å². The summed E-state index contributed by atoms with van der Waals surface area (Å²) in [6.07, 6.45) is 5.09. The van der Waals surface area contributed by atoms with Gasteiger partial charge in [-0.1, -0.05) is 0 Å². The fraction of sp³-hybridized carbons (Fsp3) is 0.400. The minimum absolute atomic E-state index is 0.164. The van der Waals surface area contributed by atoms with E-state index in [4.69, 9.17) is 0 Å². The number of hydrogen-bond acceptors (Lipinski definition) is 8.